The number of rotatable bonds is 4. The van der Waals surface area contributed by atoms with E-state index in [1.54, 1.807) is 0 Å². The molecule has 2 unspecified atom stereocenters. The fraction of sp³-hybridized carbons (Fsp3) is 0.818. The molecule has 5 heteroatoms. The van der Waals surface area contributed by atoms with Crippen molar-refractivity contribution in [3.63, 3.8) is 0 Å². The minimum absolute atomic E-state index is 0.00470. The Balaban J connectivity index is 2.12. The molecular formula is C11H19N3O2. The number of hydrogen-bond donors (Lipinski definition) is 1. The Morgan fingerprint density at radius 1 is 1.56 bits per heavy atom. The van der Waals surface area contributed by atoms with Crippen LogP contribution in [-0.4, -0.2) is 16.7 Å². The molecule has 0 saturated carbocycles. The third-order valence-electron chi connectivity index (χ3n) is 2.92. The summed E-state index contributed by atoms with van der Waals surface area (Å²) in [5.41, 5.74) is 5.59. The molecule has 16 heavy (non-hydrogen) atoms. The summed E-state index contributed by atoms with van der Waals surface area (Å²) in [5, 5.41) is 3.96. The van der Waals surface area contributed by atoms with Gasteiger partial charge in [-0.25, -0.2) is 0 Å². The van der Waals surface area contributed by atoms with Gasteiger partial charge in [0.1, 0.15) is 6.10 Å². The molecule has 1 saturated heterocycles. The van der Waals surface area contributed by atoms with Crippen LogP contribution in [0, 0.1) is 0 Å². The van der Waals surface area contributed by atoms with Crippen molar-refractivity contribution >= 4 is 0 Å². The van der Waals surface area contributed by atoms with E-state index in [9.17, 15) is 0 Å². The van der Waals surface area contributed by atoms with Crippen molar-refractivity contribution in [1.29, 1.82) is 0 Å². The van der Waals surface area contributed by atoms with Gasteiger partial charge in [0.15, 0.2) is 0 Å². The van der Waals surface area contributed by atoms with Gasteiger partial charge in [0.2, 0.25) is 11.7 Å². The highest BCUT2D eigenvalue weighted by Crippen LogP contribution is 2.28. The van der Waals surface area contributed by atoms with E-state index in [1.165, 1.54) is 0 Å². The van der Waals surface area contributed by atoms with Crippen LogP contribution in [0.1, 0.15) is 57.3 Å². The third-order valence-corrected chi connectivity index (χ3v) is 2.92. The van der Waals surface area contributed by atoms with Crippen molar-refractivity contribution in [1.82, 2.24) is 10.1 Å². The molecular weight excluding hydrogens is 206 g/mol. The van der Waals surface area contributed by atoms with Crippen LogP contribution >= 0.6 is 0 Å². The van der Waals surface area contributed by atoms with Crippen molar-refractivity contribution in [2.45, 2.75) is 51.2 Å². The van der Waals surface area contributed by atoms with Crippen molar-refractivity contribution in [3.8, 4) is 0 Å². The summed E-state index contributed by atoms with van der Waals surface area (Å²) < 4.78 is 10.7. The summed E-state index contributed by atoms with van der Waals surface area (Å²) in [4.78, 5) is 4.35. The van der Waals surface area contributed by atoms with E-state index >= 15 is 0 Å². The lowest BCUT2D eigenvalue weighted by Gasteiger charge is -2.18. The van der Waals surface area contributed by atoms with Gasteiger partial charge in [-0.1, -0.05) is 18.5 Å². The number of hydrogen-bond acceptors (Lipinski definition) is 5. The van der Waals surface area contributed by atoms with E-state index in [-0.39, 0.29) is 6.10 Å². The van der Waals surface area contributed by atoms with Gasteiger partial charge in [0.25, 0.3) is 0 Å². The first-order valence-corrected chi connectivity index (χ1v) is 5.88. The predicted octanol–water partition coefficient (Wildman–Crippen LogP) is 1.90. The summed E-state index contributed by atoms with van der Waals surface area (Å²) >= 11 is 0. The zero-order chi connectivity index (χ0) is 11.6. The van der Waals surface area contributed by atoms with Gasteiger partial charge in [0.05, 0.1) is 5.54 Å². The monoisotopic (exact) mass is 225 g/mol. The van der Waals surface area contributed by atoms with Gasteiger partial charge in [-0.15, -0.1) is 0 Å². The molecule has 0 amide bonds. The maximum atomic E-state index is 6.12. The molecule has 2 rings (SSSR count). The lowest BCUT2D eigenvalue weighted by molar-refractivity contribution is 0.103. The van der Waals surface area contributed by atoms with E-state index in [0.717, 1.165) is 32.3 Å². The largest absolute Gasteiger partial charge is 0.370 e. The minimum atomic E-state index is -0.529. The zero-order valence-electron chi connectivity index (χ0n) is 9.90. The van der Waals surface area contributed by atoms with E-state index in [4.69, 9.17) is 15.0 Å². The van der Waals surface area contributed by atoms with Crippen LogP contribution in [0.2, 0.25) is 0 Å². The van der Waals surface area contributed by atoms with Crippen LogP contribution in [0.5, 0.6) is 0 Å². The van der Waals surface area contributed by atoms with E-state index in [0.29, 0.717) is 11.7 Å². The zero-order valence-corrected chi connectivity index (χ0v) is 9.90. The SMILES string of the molecule is CCCC(C)(N)c1nc(C2CCCO2)no1. The Morgan fingerprint density at radius 2 is 2.38 bits per heavy atom. The molecule has 2 atom stereocenters. The molecule has 0 spiro atoms. The standard InChI is InChI=1S/C11H19N3O2/c1-3-6-11(2,12)10-13-9(14-16-10)8-5-4-7-15-8/h8H,3-7,12H2,1-2H3. The van der Waals surface area contributed by atoms with Gasteiger partial charge in [0, 0.05) is 6.61 Å². The molecule has 1 aliphatic rings. The molecule has 0 radical (unpaired) electrons. The molecule has 0 aromatic carbocycles. The Kier molecular flexibility index (Phi) is 3.25. The molecule has 5 nitrogen and oxygen atoms in total. The molecule has 0 bridgehead atoms. The molecule has 1 aromatic heterocycles. The maximum absolute atomic E-state index is 6.12. The molecule has 1 aromatic rings. The average Bonchev–Trinajstić information content (AvgIpc) is 2.89. The lowest BCUT2D eigenvalue weighted by Crippen LogP contribution is -2.33. The number of ether oxygens (including phenoxy) is 1. The van der Waals surface area contributed by atoms with Crippen molar-refractivity contribution in [2.24, 2.45) is 5.73 Å². The summed E-state index contributed by atoms with van der Waals surface area (Å²) in [6, 6.07) is 0. The molecule has 1 aliphatic heterocycles. The Hall–Kier alpha value is -0.940. The van der Waals surface area contributed by atoms with Gasteiger partial charge in [-0.2, -0.15) is 4.98 Å². The van der Waals surface area contributed by atoms with Crippen molar-refractivity contribution in [3.05, 3.63) is 11.7 Å². The van der Waals surface area contributed by atoms with Gasteiger partial charge in [-0.05, 0) is 26.2 Å². The molecule has 2 N–H and O–H groups in total. The van der Waals surface area contributed by atoms with E-state index in [2.05, 4.69) is 17.1 Å². The predicted molar refractivity (Wildman–Crippen MR) is 58.7 cm³/mol. The molecule has 90 valence electrons. The Morgan fingerprint density at radius 3 is 3.00 bits per heavy atom. The quantitative estimate of drug-likeness (QED) is 0.847. The first kappa shape index (κ1) is 11.5. The second-order valence-corrected chi connectivity index (χ2v) is 4.63. The molecule has 0 aliphatic carbocycles. The number of aromatic nitrogens is 2. The summed E-state index contributed by atoms with van der Waals surface area (Å²) in [6.07, 6.45) is 3.84. The lowest BCUT2D eigenvalue weighted by atomic mass is 9.98. The first-order valence-electron chi connectivity index (χ1n) is 5.88. The fourth-order valence-electron chi connectivity index (χ4n) is 2.01. The highest BCUT2D eigenvalue weighted by atomic mass is 16.5. The first-order chi connectivity index (χ1) is 7.63. The number of nitrogens with zero attached hydrogens (tertiary/aromatic N) is 2. The van der Waals surface area contributed by atoms with Crippen LogP contribution in [0.3, 0.4) is 0 Å². The Labute approximate surface area is 95.3 Å². The van der Waals surface area contributed by atoms with E-state index in [1.807, 2.05) is 6.92 Å². The van der Waals surface area contributed by atoms with Gasteiger partial charge >= 0.3 is 0 Å². The second kappa shape index (κ2) is 4.51. The maximum Gasteiger partial charge on any atom is 0.246 e. The van der Waals surface area contributed by atoms with Crippen LogP contribution in [0.4, 0.5) is 0 Å². The Bertz CT molecular complexity index is 343. The van der Waals surface area contributed by atoms with Crippen LogP contribution < -0.4 is 5.73 Å². The van der Waals surface area contributed by atoms with Crippen LogP contribution in [-0.2, 0) is 10.3 Å². The molecule has 2 heterocycles. The topological polar surface area (TPSA) is 74.2 Å². The van der Waals surface area contributed by atoms with Gasteiger partial charge < -0.3 is 15.0 Å². The minimum Gasteiger partial charge on any atom is -0.370 e. The van der Waals surface area contributed by atoms with Gasteiger partial charge in [-0.3, -0.25) is 0 Å². The van der Waals surface area contributed by atoms with Crippen molar-refractivity contribution < 1.29 is 9.26 Å². The third kappa shape index (κ3) is 2.25. The average molecular weight is 225 g/mol. The summed E-state index contributed by atoms with van der Waals surface area (Å²) in [5.74, 6) is 1.15. The molecule has 1 fully saturated rings. The second-order valence-electron chi connectivity index (χ2n) is 4.63. The van der Waals surface area contributed by atoms with Crippen molar-refractivity contribution in [2.75, 3.05) is 6.61 Å². The van der Waals surface area contributed by atoms with Crippen LogP contribution in [0.25, 0.3) is 0 Å². The fourth-order valence-corrected chi connectivity index (χ4v) is 2.01. The van der Waals surface area contributed by atoms with Crippen LogP contribution in [0.15, 0.2) is 4.52 Å². The number of nitrogens with two attached hydrogens (primary N) is 1. The highest BCUT2D eigenvalue weighted by molar-refractivity contribution is 5.02. The van der Waals surface area contributed by atoms with E-state index < -0.39 is 5.54 Å². The normalized spacial score (nSPS) is 24.6. The summed E-state index contributed by atoms with van der Waals surface area (Å²) in [6.45, 7) is 4.79. The summed E-state index contributed by atoms with van der Waals surface area (Å²) in [7, 11) is 0. The smallest absolute Gasteiger partial charge is 0.246 e. The highest BCUT2D eigenvalue weighted by Gasteiger charge is 2.30.